The molecule has 16 heteroatoms. The van der Waals surface area contributed by atoms with E-state index in [-0.39, 0.29) is 52.9 Å². The van der Waals surface area contributed by atoms with Gasteiger partial charge in [-0.2, -0.15) is 4.31 Å². The number of hydrogen-bond acceptors (Lipinski definition) is 9. The molecule has 0 saturated carbocycles. The van der Waals surface area contributed by atoms with Gasteiger partial charge in [-0.25, -0.2) is 28.3 Å². The van der Waals surface area contributed by atoms with Gasteiger partial charge >= 0.3 is 5.97 Å². The fraction of sp³-hybridized carbons (Fsp3) is 0.353. The molecule has 2 aromatic heterocycles. The number of aliphatic carboxylic acids is 1. The molecule has 2 N–H and O–H groups in total. The minimum Gasteiger partial charge on any atom is -0.480 e. The van der Waals surface area contributed by atoms with Crippen LogP contribution >= 0.6 is 23.2 Å². The number of amides is 1. The number of halogens is 2. The molecule has 0 radical (unpaired) electrons. The van der Waals surface area contributed by atoms with Crippen LogP contribution in [-0.2, 0) is 36.4 Å². The Bertz CT molecular complexity index is 2040. The third kappa shape index (κ3) is 6.53. The second-order valence-corrected chi connectivity index (χ2v) is 15.7. The van der Waals surface area contributed by atoms with E-state index in [9.17, 15) is 27.9 Å². The van der Waals surface area contributed by atoms with Crippen molar-refractivity contribution in [3.05, 3.63) is 83.0 Å². The lowest BCUT2D eigenvalue weighted by molar-refractivity contribution is -0.140. The molecular formula is C34H35Cl2N7O6S. The van der Waals surface area contributed by atoms with Gasteiger partial charge in [0.1, 0.15) is 17.9 Å². The number of carbonyl (C=O) groups is 3. The van der Waals surface area contributed by atoms with E-state index in [1.165, 1.54) is 28.1 Å². The van der Waals surface area contributed by atoms with Gasteiger partial charge in [0.05, 0.1) is 24.5 Å². The van der Waals surface area contributed by atoms with Crippen LogP contribution in [0, 0.1) is 5.92 Å². The van der Waals surface area contributed by atoms with E-state index in [0.717, 1.165) is 21.0 Å². The molecule has 262 valence electrons. The Hall–Kier alpha value is -4.21. The summed E-state index contributed by atoms with van der Waals surface area (Å²) < 4.78 is 31.6. The third-order valence-corrected chi connectivity index (χ3v) is 11.5. The number of carboxylic acids is 1. The second-order valence-electron chi connectivity index (χ2n) is 13.0. The first-order valence-corrected chi connectivity index (χ1v) is 18.2. The average molecular weight is 741 g/mol. The number of Topliss-reactive ketones (excluding diaryl/α,β-unsaturated/α-hetero) is 1. The molecule has 0 unspecified atom stereocenters. The Kier molecular flexibility index (Phi) is 9.85. The number of imidazole rings is 1. The number of carbonyl (C=O) groups excluding carboxylic acids is 2. The zero-order chi connectivity index (χ0) is 36.0. The fourth-order valence-corrected chi connectivity index (χ4v) is 9.06. The zero-order valence-electron chi connectivity index (χ0n) is 27.5. The quantitative estimate of drug-likeness (QED) is 0.208. The summed E-state index contributed by atoms with van der Waals surface area (Å²) >= 11 is 12.7. The molecule has 1 amide bonds. The molecule has 0 spiro atoms. The molecule has 3 atom stereocenters. The zero-order valence-corrected chi connectivity index (χ0v) is 29.8. The van der Waals surface area contributed by atoms with E-state index in [1.807, 2.05) is 24.3 Å². The Morgan fingerprint density at radius 3 is 2.32 bits per heavy atom. The minimum atomic E-state index is -4.41. The molecule has 4 heterocycles. The molecule has 4 aromatic rings. The van der Waals surface area contributed by atoms with Crippen LogP contribution in [-0.4, -0.2) is 80.2 Å². The first kappa shape index (κ1) is 35.6. The lowest BCUT2D eigenvalue weighted by Gasteiger charge is -2.29. The molecule has 1 fully saturated rings. The smallest absolute Gasteiger partial charge is 0.320 e. The fourth-order valence-electron chi connectivity index (χ4n) is 6.68. The maximum absolute atomic E-state index is 14.5. The Labute approximate surface area is 299 Å². The summed E-state index contributed by atoms with van der Waals surface area (Å²) in [6.45, 7) is 4.83. The van der Waals surface area contributed by atoms with Crippen LogP contribution in [0.3, 0.4) is 0 Å². The number of nitrogens with zero attached hydrogens (tertiary/aromatic N) is 6. The van der Waals surface area contributed by atoms with Gasteiger partial charge in [-0.05, 0) is 55.0 Å². The number of carboxylic acid groups (broad SMARTS) is 1. The molecular weight excluding hydrogens is 705 g/mol. The van der Waals surface area contributed by atoms with E-state index in [0.29, 0.717) is 12.1 Å². The number of hydrogen-bond donors (Lipinski definition) is 2. The molecule has 2 aromatic carbocycles. The van der Waals surface area contributed by atoms with Gasteiger partial charge in [-0.3, -0.25) is 24.3 Å². The molecule has 50 heavy (non-hydrogen) atoms. The molecule has 2 aliphatic rings. The predicted octanol–water partition coefficient (Wildman–Crippen LogP) is 4.70. The number of ketones is 1. The van der Waals surface area contributed by atoms with Crippen LogP contribution < -0.4 is 10.2 Å². The number of rotatable bonds is 12. The van der Waals surface area contributed by atoms with Crippen LogP contribution in [0.2, 0.25) is 10.0 Å². The van der Waals surface area contributed by atoms with Crippen molar-refractivity contribution >= 4 is 62.5 Å². The van der Waals surface area contributed by atoms with Crippen LogP contribution in [0.15, 0.2) is 72.4 Å². The second kappa shape index (κ2) is 13.8. The minimum absolute atomic E-state index is 0.0532. The van der Waals surface area contributed by atoms with E-state index >= 15 is 0 Å². The number of aromatic nitrogens is 4. The Balaban J connectivity index is 1.38. The van der Waals surface area contributed by atoms with Crippen molar-refractivity contribution in [1.82, 2.24) is 29.1 Å². The Morgan fingerprint density at radius 2 is 1.70 bits per heavy atom. The highest BCUT2D eigenvalue weighted by atomic mass is 35.5. The van der Waals surface area contributed by atoms with E-state index < -0.39 is 45.3 Å². The van der Waals surface area contributed by atoms with Crippen LogP contribution in [0.5, 0.6) is 0 Å². The normalized spacial score (nSPS) is 20.0. The summed E-state index contributed by atoms with van der Waals surface area (Å²) in [5.41, 5.74) is 1.23. The van der Waals surface area contributed by atoms with Gasteiger partial charge in [-0.15, -0.1) is 0 Å². The highest BCUT2D eigenvalue weighted by molar-refractivity contribution is 7.89. The SMILES string of the molecule is CC(C)[C@H](NCC(=O)[C@@H]1CCCN1S(=O)(=O)c1cnc2n1[C@](C)(Cc1ccc(-c3cncnc3)cc1)C(=O)N2c1cc(Cl)cc(Cl)c1)C(=O)O. The number of sulfonamides is 1. The van der Waals surface area contributed by atoms with Crippen LogP contribution in [0.1, 0.15) is 39.2 Å². The first-order chi connectivity index (χ1) is 23.7. The van der Waals surface area contributed by atoms with E-state index in [1.54, 1.807) is 45.3 Å². The number of anilines is 2. The molecule has 1 saturated heterocycles. The van der Waals surface area contributed by atoms with Crippen molar-refractivity contribution in [3.8, 4) is 11.1 Å². The van der Waals surface area contributed by atoms with Gasteiger partial charge in [0.15, 0.2) is 10.8 Å². The highest BCUT2D eigenvalue weighted by Gasteiger charge is 2.53. The van der Waals surface area contributed by atoms with Gasteiger partial charge < -0.3 is 5.11 Å². The predicted molar refractivity (Wildman–Crippen MR) is 187 cm³/mol. The monoisotopic (exact) mass is 739 g/mol. The maximum Gasteiger partial charge on any atom is 0.320 e. The van der Waals surface area contributed by atoms with Gasteiger partial charge in [-0.1, -0.05) is 61.3 Å². The maximum atomic E-state index is 14.5. The molecule has 0 aliphatic carbocycles. The first-order valence-electron chi connectivity index (χ1n) is 16.0. The van der Waals surface area contributed by atoms with Crippen molar-refractivity contribution in [2.24, 2.45) is 5.92 Å². The number of fused-ring (bicyclic) bond motifs is 1. The van der Waals surface area contributed by atoms with Crippen molar-refractivity contribution in [2.45, 2.75) is 62.7 Å². The standard InChI is InChI=1S/C34H35Cl2N7O6S/c1-20(2)30(31(45)46)39-17-28(44)27-5-4-10-41(27)50(48,49)29-18-40-33-42(26-12-24(35)11-25(36)13-26)32(47)34(3,43(29)33)14-21-6-8-22(9-7-21)23-15-37-19-38-16-23/h6-9,11-13,15-16,18-20,27,30,39H,4-5,10,14,17H2,1-3H3,(H,45,46)/t27-,30-,34+/m0/s1. The van der Waals surface area contributed by atoms with Gasteiger partial charge in [0, 0.05) is 41.0 Å². The summed E-state index contributed by atoms with van der Waals surface area (Å²) in [5, 5.41) is 12.6. The molecule has 0 bridgehead atoms. The van der Waals surface area contributed by atoms with Crippen LogP contribution in [0.25, 0.3) is 11.1 Å². The largest absolute Gasteiger partial charge is 0.480 e. The topological polar surface area (TPSA) is 168 Å². The number of benzene rings is 2. The number of nitrogens with one attached hydrogen (secondary N) is 1. The van der Waals surface area contributed by atoms with Crippen molar-refractivity contribution < 1.29 is 27.9 Å². The summed E-state index contributed by atoms with van der Waals surface area (Å²) in [6, 6.07) is 10.1. The summed E-state index contributed by atoms with van der Waals surface area (Å²) in [4.78, 5) is 53.6. The highest BCUT2D eigenvalue weighted by Crippen LogP contribution is 2.45. The van der Waals surface area contributed by atoms with Crippen molar-refractivity contribution in [2.75, 3.05) is 18.0 Å². The van der Waals surface area contributed by atoms with Gasteiger partial charge in [0.25, 0.3) is 15.9 Å². The van der Waals surface area contributed by atoms with E-state index in [4.69, 9.17) is 23.2 Å². The van der Waals surface area contributed by atoms with Gasteiger partial charge in [0.2, 0.25) is 5.95 Å². The lowest BCUT2D eigenvalue weighted by atomic mass is 9.91. The summed E-state index contributed by atoms with van der Waals surface area (Å²) in [5.74, 6) is -2.25. The third-order valence-electron chi connectivity index (χ3n) is 9.15. The lowest BCUT2D eigenvalue weighted by Crippen LogP contribution is -2.49. The van der Waals surface area contributed by atoms with Crippen molar-refractivity contribution in [3.63, 3.8) is 0 Å². The van der Waals surface area contributed by atoms with Crippen LogP contribution in [0.4, 0.5) is 11.6 Å². The molecule has 6 rings (SSSR count). The van der Waals surface area contributed by atoms with Crippen molar-refractivity contribution in [1.29, 1.82) is 0 Å². The summed E-state index contributed by atoms with van der Waals surface area (Å²) in [6.07, 6.45) is 6.79. The average Bonchev–Trinajstić information content (AvgIpc) is 3.78. The Morgan fingerprint density at radius 1 is 1.04 bits per heavy atom. The summed E-state index contributed by atoms with van der Waals surface area (Å²) in [7, 11) is -4.41. The van der Waals surface area contributed by atoms with E-state index in [2.05, 4.69) is 20.3 Å². The molecule has 13 nitrogen and oxygen atoms in total. The molecule has 2 aliphatic heterocycles.